The lowest BCUT2D eigenvalue weighted by atomic mass is 10.1. The Bertz CT molecular complexity index is 413. The Morgan fingerprint density at radius 1 is 1.00 bits per heavy atom. The van der Waals surface area contributed by atoms with Crippen LogP contribution >= 0.6 is 0 Å². The molecule has 0 saturated carbocycles. The van der Waals surface area contributed by atoms with Gasteiger partial charge in [-0.1, -0.05) is 12.1 Å². The van der Waals surface area contributed by atoms with Gasteiger partial charge in [-0.25, -0.2) is 14.6 Å². The predicted octanol–water partition coefficient (Wildman–Crippen LogP) is 2.31. The summed E-state index contributed by atoms with van der Waals surface area (Å²) in [7, 11) is 0. The van der Waals surface area contributed by atoms with Crippen molar-refractivity contribution in [1.29, 1.82) is 0 Å². The quantitative estimate of drug-likeness (QED) is 0.416. The number of carbonyl (C=O) groups excluding carboxylic acids is 2. The summed E-state index contributed by atoms with van der Waals surface area (Å²) in [6.07, 6.45) is 5.79. The number of hydrogen-bond donors (Lipinski definition) is 0. The number of benzene rings is 1. The SMILES string of the molecule is O=C=NCCCCc1ccc(N=C=O)cc1. The van der Waals surface area contributed by atoms with E-state index in [2.05, 4.69) is 9.98 Å². The van der Waals surface area contributed by atoms with Crippen molar-refractivity contribution in [1.82, 2.24) is 0 Å². The number of nitrogens with zero attached hydrogens (tertiary/aromatic N) is 2. The second-order valence-electron chi connectivity index (χ2n) is 3.30. The van der Waals surface area contributed by atoms with Crippen LogP contribution in [0.5, 0.6) is 0 Å². The molecule has 0 unspecified atom stereocenters. The maximum atomic E-state index is 10.00. The molecule has 0 heterocycles. The first-order chi connectivity index (χ1) is 7.86. The highest BCUT2D eigenvalue weighted by atomic mass is 16.1. The minimum absolute atomic E-state index is 0.539. The lowest BCUT2D eigenvalue weighted by Gasteiger charge is -1.99. The zero-order chi connectivity index (χ0) is 11.6. The van der Waals surface area contributed by atoms with Gasteiger partial charge in [-0.3, -0.25) is 0 Å². The molecule has 0 N–H and O–H groups in total. The average Bonchev–Trinajstić information content (AvgIpc) is 2.31. The fraction of sp³-hybridized carbons (Fsp3) is 0.333. The van der Waals surface area contributed by atoms with Crippen molar-refractivity contribution >= 4 is 17.8 Å². The zero-order valence-electron chi connectivity index (χ0n) is 8.85. The topological polar surface area (TPSA) is 58.9 Å². The molecule has 0 aliphatic heterocycles. The molecule has 0 radical (unpaired) electrons. The molecule has 1 rings (SSSR count). The molecule has 0 atom stereocenters. The summed E-state index contributed by atoms with van der Waals surface area (Å²) in [5.74, 6) is 0. The summed E-state index contributed by atoms with van der Waals surface area (Å²) in [6.45, 7) is 0.539. The van der Waals surface area contributed by atoms with Gasteiger partial charge < -0.3 is 0 Å². The van der Waals surface area contributed by atoms with Crippen LogP contribution in [-0.4, -0.2) is 18.7 Å². The van der Waals surface area contributed by atoms with E-state index in [1.165, 1.54) is 17.7 Å². The number of rotatable bonds is 6. The molecule has 16 heavy (non-hydrogen) atoms. The van der Waals surface area contributed by atoms with Crippen LogP contribution in [0, 0.1) is 0 Å². The van der Waals surface area contributed by atoms with E-state index >= 15 is 0 Å². The summed E-state index contributed by atoms with van der Waals surface area (Å²) in [4.78, 5) is 26.8. The molecule has 0 fully saturated rings. The maximum Gasteiger partial charge on any atom is 0.240 e. The molecule has 0 aliphatic carbocycles. The normalized spacial score (nSPS) is 9.00. The van der Waals surface area contributed by atoms with Gasteiger partial charge in [-0.05, 0) is 37.0 Å². The van der Waals surface area contributed by atoms with Gasteiger partial charge in [0.15, 0.2) is 0 Å². The van der Waals surface area contributed by atoms with Gasteiger partial charge in [0.1, 0.15) is 0 Å². The Morgan fingerprint density at radius 2 is 1.75 bits per heavy atom. The van der Waals surface area contributed by atoms with Crippen molar-refractivity contribution in [3.05, 3.63) is 29.8 Å². The summed E-state index contributed by atoms with van der Waals surface area (Å²) < 4.78 is 0. The van der Waals surface area contributed by atoms with Crippen LogP contribution in [0.4, 0.5) is 5.69 Å². The third-order valence-electron chi connectivity index (χ3n) is 2.16. The summed E-state index contributed by atoms with van der Waals surface area (Å²) in [6, 6.07) is 7.42. The van der Waals surface area contributed by atoms with E-state index in [-0.39, 0.29) is 0 Å². The molecule has 0 aliphatic rings. The Kier molecular flexibility index (Phi) is 5.49. The Morgan fingerprint density at radius 3 is 2.38 bits per heavy atom. The number of isocyanates is 2. The molecule has 4 heteroatoms. The zero-order valence-corrected chi connectivity index (χ0v) is 8.85. The van der Waals surface area contributed by atoms with Gasteiger partial charge in [-0.15, -0.1) is 0 Å². The molecular formula is C12H12N2O2. The largest absolute Gasteiger partial charge is 0.240 e. The van der Waals surface area contributed by atoms with Crippen LogP contribution in [0.2, 0.25) is 0 Å². The highest BCUT2D eigenvalue weighted by Gasteiger charge is 1.94. The third-order valence-corrected chi connectivity index (χ3v) is 2.16. The first-order valence-corrected chi connectivity index (χ1v) is 5.07. The lowest BCUT2D eigenvalue weighted by molar-refractivity contribution is 0.561. The average molecular weight is 216 g/mol. The first kappa shape index (κ1) is 12.1. The van der Waals surface area contributed by atoms with Crippen LogP contribution in [-0.2, 0) is 16.0 Å². The van der Waals surface area contributed by atoms with Crippen LogP contribution in [0.15, 0.2) is 34.3 Å². The van der Waals surface area contributed by atoms with E-state index in [0.717, 1.165) is 19.3 Å². The van der Waals surface area contributed by atoms with E-state index in [0.29, 0.717) is 12.2 Å². The number of aliphatic imine (C=N–C) groups is 2. The lowest BCUT2D eigenvalue weighted by Crippen LogP contribution is -1.87. The van der Waals surface area contributed by atoms with Crippen molar-refractivity contribution in [2.24, 2.45) is 9.98 Å². The maximum absolute atomic E-state index is 10.00. The second-order valence-corrected chi connectivity index (χ2v) is 3.30. The molecule has 0 spiro atoms. The molecule has 0 bridgehead atoms. The predicted molar refractivity (Wildman–Crippen MR) is 60.2 cm³/mol. The third kappa shape index (κ3) is 4.47. The van der Waals surface area contributed by atoms with Crippen LogP contribution in [0.3, 0.4) is 0 Å². The highest BCUT2D eigenvalue weighted by molar-refractivity contribution is 5.49. The van der Waals surface area contributed by atoms with Crippen molar-refractivity contribution < 1.29 is 9.59 Å². The van der Waals surface area contributed by atoms with Crippen LogP contribution < -0.4 is 0 Å². The van der Waals surface area contributed by atoms with Crippen molar-refractivity contribution in [2.75, 3.05) is 6.54 Å². The van der Waals surface area contributed by atoms with Gasteiger partial charge in [0, 0.05) is 0 Å². The number of unbranched alkanes of at least 4 members (excludes halogenated alkanes) is 1. The van der Waals surface area contributed by atoms with E-state index in [1.807, 2.05) is 12.1 Å². The monoisotopic (exact) mass is 216 g/mol. The van der Waals surface area contributed by atoms with Crippen molar-refractivity contribution in [3.8, 4) is 0 Å². The van der Waals surface area contributed by atoms with Gasteiger partial charge in [0.25, 0.3) is 0 Å². The molecule has 1 aromatic carbocycles. The molecule has 0 amide bonds. The minimum atomic E-state index is 0.539. The van der Waals surface area contributed by atoms with E-state index in [9.17, 15) is 9.59 Å². The highest BCUT2D eigenvalue weighted by Crippen LogP contribution is 2.13. The first-order valence-electron chi connectivity index (χ1n) is 5.07. The van der Waals surface area contributed by atoms with E-state index < -0.39 is 0 Å². The summed E-state index contributed by atoms with van der Waals surface area (Å²) >= 11 is 0. The van der Waals surface area contributed by atoms with Crippen LogP contribution in [0.25, 0.3) is 0 Å². The molecule has 4 nitrogen and oxygen atoms in total. The Hall–Kier alpha value is -2.02. The standard InChI is InChI=1S/C12H12N2O2/c15-9-13-8-2-1-3-11-4-6-12(7-5-11)14-10-16/h4-7H,1-3,8H2. The molecule has 82 valence electrons. The second kappa shape index (κ2) is 7.30. The van der Waals surface area contributed by atoms with Crippen LogP contribution in [0.1, 0.15) is 18.4 Å². The fourth-order valence-electron chi connectivity index (χ4n) is 1.36. The number of aryl methyl sites for hydroxylation is 1. The van der Waals surface area contributed by atoms with E-state index in [1.54, 1.807) is 12.1 Å². The van der Waals surface area contributed by atoms with Gasteiger partial charge >= 0.3 is 0 Å². The van der Waals surface area contributed by atoms with Crippen molar-refractivity contribution in [2.45, 2.75) is 19.3 Å². The molecular weight excluding hydrogens is 204 g/mol. The van der Waals surface area contributed by atoms with Gasteiger partial charge in [0.2, 0.25) is 12.2 Å². The van der Waals surface area contributed by atoms with Crippen molar-refractivity contribution in [3.63, 3.8) is 0 Å². The molecule has 0 saturated heterocycles. The number of hydrogen-bond acceptors (Lipinski definition) is 4. The fourth-order valence-corrected chi connectivity index (χ4v) is 1.36. The molecule has 1 aromatic rings. The Balaban J connectivity index is 2.37. The van der Waals surface area contributed by atoms with Gasteiger partial charge in [-0.2, -0.15) is 4.99 Å². The minimum Gasteiger partial charge on any atom is -0.211 e. The Labute approximate surface area is 93.7 Å². The molecule has 0 aromatic heterocycles. The van der Waals surface area contributed by atoms with Gasteiger partial charge in [0.05, 0.1) is 12.2 Å². The smallest absolute Gasteiger partial charge is 0.211 e. The summed E-state index contributed by atoms with van der Waals surface area (Å²) in [5.41, 5.74) is 1.80. The van der Waals surface area contributed by atoms with E-state index in [4.69, 9.17) is 0 Å². The summed E-state index contributed by atoms with van der Waals surface area (Å²) in [5, 5.41) is 0.